The van der Waals surface area contributed by atoms with Crippen molar-refractivity contribution < 1.29 is 23.4 Å². The van der Waals surface area contributed by atoms with E-state index in [1.807, 2.05) is 0 Å². The molecule has 0 aliphatic carbocycles. The number of nitrogens with one attached hydrogen (secondary N) is 1. The van der Waals surface area contributed by atoms with Crippen LogP contribution in [0.2, 0.25) is 0 Å². The van der Waals surface area contributed by atoms with Crippen molar-refractivity contribution in [1.82, 2.24) is 0 Å². The van der Waals surface area contributed by atoms with Crippen molar-refractivity contribution in [3.8, 4) is 17.9 Å². The number of carboxylic acid groups (broad SMARTS) is 1. The molecule has 0 aliphatic heterocycles. The molecular weight excluding hydrogens is 286 g/mol. The lowest BCUT2D eigenvalue weighted by Gasteiger charge is -2.11. The van der Waals surface area contributed by atoms with Crippen LogP contribution in [0, 0.1) is 22.7 Å². The molecule has 0 aromatic heterocycles. The molecule has 0 unspecified atom stereocenters. The molecule has 108 valence electrons. The predicted octanol–water partition coefficient (Wildman–Crippen LogP) is 1.84. The maximum absolute atomic E-state index is 12.1. The van der Waals surface area contributed by atoms with Crippen molar-refractivity contribution in [2.45, 2.75) is 6.43 Å². The summed E-state index contributed by atoms with van der Waals surface area (Å²) in [5.41, 5.74) is 1.52. The maximum Gasteiger partial charge on any atom is 0.335 e. The van der Waals surface area contributed by atoms with Gasteiger partial charge in [-0.25, -0.2) is 13.6 Å². The number of nitriles is 2. The topological polar surface area (TPSA) is 118 Å². The summed E-state index contributed by atoms with van der Waals surface area (Å²) in [7, 11) is 0. The van der Waals surface area contributed by atoms with Gasteiger partial charge < -0.3 is 9.84 Å². The molecule has 1 aromatic rings. The van der Waals surface area contributed by atoms with Crippen LogP contribution in [0.1, 0.15) is 10.4 Å². The van der Waals surface area contributed by atoms with E-state index in [1.165, 1.54) is 18.2 Å². The highest BCUT2D eigenvalue weighted by molar-refractivity contribution is 6.10. The monoisotopic (exact) mass is 294 g/mol. The minimum atomic E-state index is -2.71. The zero-order valence-corrected chi connectivity index (χ0v) is 10.4. The quantitative estimate of drug-likeness (QED) is 0.610. The molecule has 7 nitrogen and oxygen atoms in total. The standard InChI is InChI=1S/C12H8F2N4O3/c13-11(14)6-21-10-2-1-7(12(19)20)3-9(10)18-17-8(4-15)5-16/h1-3,11,18H,6H2,(H,19,20). The van der Waals surface area contributed by atoms with Crippen LogP contribution in [0.3, 0.4) is 0 Å². The Kier molecular flexibility index (Phi) is 5.59. The van der Waals surface area contributed by atoms with Gasteiger partial charge in [0.2, 0.25) is 5.71 Å². The first-order valence-corrected chi connectivity index (χ1v) is 5.40. The van der Waals surface area contributed by atoms with Gasteiger partial charge in [0.1, 0.15) is 24.5 Å². The molecule has 0 amide bonds. The molecule has 0 spiro atoms. The number of carboxylic acids is 1. The van der Waals surface area contributed by atoms with E-state index >= 15 is 0 Å². The van der Waals surface area contributed by atoms with Gasteiger partial charge in [-0.3, -0.25) is 5.43 Å². The number of hydrazone groups is 1. The summed E-state index contributed by atoms with van der Waals surface area (Å²) in [6, 6.07) is 6.37. The Morgan fingerprint density at radius 3 is 2.62 bits per heavy atom. The van der Waals surface area contributed by atoms with Crippen LogP contribution in [-0.4, -0.2) is 29.8 Å². The highest BCUT2D eigenvalue weighted by atomic mass is 19.3. The van der Waals surface area contributed by atoms with E-state index in [9.17, 15) is 13.6 Å². The first kappa shape index (κ1) is 15.9. The summed E-state index contributed by atoms with van der Waals surface area (Å²) in [5.74, 6) is -1.33. The van der Waals surface area contributed by atoms with Crippen LogP contribution < -0.4 is 10.2 Å². The van der Waals surface area contributed by atoms with E-state index < -0.39 is 24.7 Å². The molecule has 0 saturated heterocycles. The SMILES string of the molecule is N#CC(C#N)=NNc1cc(C(=O)O)ccc1OCC(F)F. The first-order chi connectivity index (χ1) is 9.97. The largest absolute Gasteiger partial charge is 0.485 e. The summed E-state index contributed by atoms with van der Waals surface area (Å²) < 4.78 is 29.1. The van der Waals surface area contributed by atoms with E-state index in [1.54, 1.807) is 0 Å². The summed E-state index contributed by atoms with van der Waals surface area (Å²) >= 11 is 0. The third-order valence-electron chi connectivity index (χ3n) is 2.09. The Morgan fingerprint density at radius 1 is 1.43 bits per heavy atom. The Labute approximate surface area is 117 Å². The lowest BCUT2D eigenvalue weighted by Crippen LogP contribution is -2.09. The van der Waals surface area contributed by atoms with Gasteiger partial charge in [0.05, 0.1) is 11.3 Å². The number of hydrogen-bond acceptors (Lipinski definition) is 6. The highest BCUT2D eigenvalue weighted by Gasteiger charge is 2.12. The van der Waals surface area contributed by atoms with Crippen molar-refractivity contribution >= 4 is 17.4 Å². The molecule has 0 saturated carbocycles. The first-order valence-electron chi connectivity index (χ1n) is 5.40. The fourth-order valence-electron chi connectivity index (χ4n) is 1.22. The minimum absolute atomic E-state index is 0.0569. The summed E-state index contributed by atoms with van der Waals surface area (Å²) in [5, 5.41) is 29.3. The molecule has 0 radical (unpaired) electrons. The van der Waals surface area contributed by atoms with Gasteiger partial charge in [0, 0.05) is 0 Å². The second-order valence-corrected chi connectivity index (χ2v) is 3.51. The smallest absolute Gasteiger partial charge is 0.335 e. The van der Waals surface area contributed by atoms with Crippen LogP contribution in [0.25, 0.3) is 0 Å². The molecule has 1 aromatic carbocycles. The minimum Gasteiger partial charge on any atom is -0.485 e. The van der Waals surface area contributed by atoms with Crippen LogP contribution >= 0.6 is 0 Å². The Morgan fingerprint density at radius 2 is 2.10 bits per heavy atom. The number of ether oxygens (including phenoxy) is 1. The van der Waals surface area contributed by atoms with E-state index in [4.69, 9.17) is 20.4 Å². The van der Waals surface area contributed by atoms with Crippen molar-refractivity contribution in [2.75, 3.05) is 12.0 Å². The summed E-state index contributed by atoms with van der Waals surface area (Å²) in [6.45, 7) is -0.895. The average Bonchev–Trinajstić information content (AvgIpc) is 2.46. The van der Waals surface area contributed by atoms with Crippen molar-refractivity contribution in [2.24, 2.45) is 5.10 Å². The number of nitrogens with zero attached hydrogens (tertiary/aromatic N) is 3. The van der Waals surface area contributed by atoms with Crippen LogP contribution in [0.4, 0.5) is 14.5 Å². The second kappa shape index (κ2) is 7.40. The third kappa shape index (κ3) is 4.76. The number of halogens is 2. The fraction of sp³-hybridized carbons (Fsp3) is 0.167. The van der Waals surface area contributed by atoms with Gasteiger partial charge in [-0.15, -0.1) is 0 Å². The molecule has 0 aliphatic rings. The third-order valence-corrected chi connectivity index (χ3v) is 2.09. The number of rotatable bonds is 6. The molecule has 0 bridgehead atoms. The van der Waals surface area contributed by atoms with Crippen LogP contribution in [-0.2, 0) is 0 Å². The molecule has 9 heteroatoms. The normalized spacial score (nSPS) is 9.38. The molecule has 0 atom stereocenters. The number of alkyl halides is 2. The summed E-state index contributed by atoms with van der Waals surface area (Å²) in [4.78, 5) is 10.9. The Hall–Kier alpha value is -3.20. The van der Waals surface area contributed by atoms with Gasteiger partial charge in [-0.2, -0.15) is 15.6 Å². The molecule has 0 heterocycles. The van der Waals surface area contributed by atoms with Crippen molar-refractivity contribution in [3.05, 3.63) is 23.8 Å². The molecule has 2 N–H and O–H groups in total. The molecule has 1 rings (SSSR count). The van der Waals surface area contributed by atoms with Crippen LogP contribution in [0.15, 0.2) is 23.3 Å². The zero-order chi connectivity index (χ0) is 15.8. The van der Waals surface area contributed by atoms with E-state index in [0.717, 1.165) is 12.1 Å². The van der Waals surface area contributed by atoms with E-state index in [2.05, 4.69) is 10.5 Å². The zero-order valence-electron chi connectivity index (χ0n) is 10.4. The van der Waals surface area contributed by atoms with Gasteiger partial charge >= 0.3 is 5.97 Å². The van der Waals surface area contributed by atoms with Crippen molar-refractivity contribution in [3.63, 3.8) is 0 Å². The maximum atomic E-state index is 12.1. The number of carbonyl (C=O) groups is 1. The van der Waals surface area contributed by atoms with Crippen LogP contribution in [0.5, 0.6) is 5.75 Å². The lowest BCUT2D eigenvalue weighted by atomic mass is 10.2. The van der Waals surface area contributed by atoms with Gasteiger partial charge in [-0.1, -0.05) is 0 Å². The number of aromatic carboxylic acids is 1. The fourth-order valence-corrected chi connectivity index (χ4v) is 1.22. The van der Waals surface area contributed by atoms with Crippen molar-refractivity contribution in [1.29, 1.82) is 10.5 Å². The Balaban J connectivity index is 3.08. The number of benzene rings is 1. The van der Waals surface area contributed by atoms with Gasteiger partial charge in [-0.05, 0) is 18.2 Å². The Bertz CT molecular complexity index is 631. The predicted molar refractivity (Wildman–Crippen MR) is 67.2 cm³/mol. The lowest BCUT2D eigenvalue weighted by molar-refractivity contribution is 0.0695. The van der Waals surface area contributed by atoms with E-state index in [-0.39, 0.29) is 17.0 Å². The number of hydrogen-bond donors (Lipinski definition) is 2. The second-order valence-electron chi connectivity index (χ2n) is 3.51. The van der Waals surface area contributed by atoms with Gasteiger partial charge in [0.25, 0.3) is 6.43 Å². The average molecular weight is 294 g/mol. The molecular formula is C12H8F2N4O3. The highest BCUT2D eigenvalue weighted by Crippen LogP contribution is 2.26. The summed E-state index contributed by atoms with van der Waals surface area (Å²) in [6.07, 6.45) is -2.71. The van der Waals surface area contributed by atoms with E-state index in [0.29, 0.717) is 0 Å². The molecule has 21 heavy (non-hydrogen) atoms. The van der Waals surface area contributed by atoms with Gasteiger partial charge in [0.15, 0.2) is 0 Å². The molecule has 0 fully saturated rings. The number of anilines is 1.